The predicted molar refractivity (Wildman–Crippen MR) is 98.9 cm³/mol. The van der Waals surface area contributed by atoms with Crippen LogP contribution in [-0.4, -0.2) is 10.5 Å². The molecule has 0 bridgehead atoms. The molecule has 7 heteroatoms. The van der Waals surface area contributed by atoms with Gasteiger partial charge in [0.05, 0.1) is 5.69 Å². The van der Waals surface area contributed by atoms with Crippen molar-refractivity contribution < 1.29 is 13.6 Å². The number of nitrogens with one attached hydrogen (secondary N) is 2. The topological polar surface area (TPSA) is 78.4 Å². The van der Waals surface area contributed by atoms with Crippen LogP contribution in [0.4, 0.5) is 11.4 Å². The van der Waals surface area contributed by atoms with E-state index in [0.717, 1.165) is 11.1 Å². The summed E-state index contributed by atoms with van der Waals surface area (Å²) < 4.78 is 25.7. The first-order chi connectivity index (χ1) is 11.2. The minimum absolute atomic E-state index is 0.186. The van der Waals surface area contributed by atoms with Gasteiger partial charge in [0, 0.05) is 29.8 Å². The van der Waals surface area contributed by atoms with Crippen molar-refractivity contribution in [3.05, 3.63) is 52.5 Å². The number of hydrogen-bond acceptors (Lipinski definition) is 2. The zero-order valence-electron chi connectivity index (χ0n) is 13.7. The average Bonchev–Trinajstić information content (AvgIpc) is 2.50. The molecule has 0 heterocycles. The van der Waals surface area contributed by atoms with Gasteiger partial charge in [0.1, 0.15) is 0 Å². The molecule has 0 aliphatic heterocycles. The van der Waals surface area contributed by atoms with Gasteiger partial charge in [0.2, 0.25) is 10.8 Å². The van der Waals surface area contributed by atoms with Crippen LogP contribution in [0, 0.1) is 6.92 Å². The lowest BCUT2D eigenvalue weighted by Crippen LogP contribution is -2.21. The van der Waals surface area contributed by atoms with E-state index in [4.69, 9.17) is 11.6 Å². The smallest absolute Gasteiger partial charge is 0.326 e. The zero-order valence-corrected chi connectivity index (χ0v) is 15.3. The third-order valence-electron chi connectivity index (χ3n) is 3.52. The zero-order chi connectivity index (χ0) is 17.9. The lowest BCUT2D eigenvalue weighted by atomic mass is 10.1. The number of benzene rings is 2. The Hall–Kier alpha value is -1.89. The fourth-order valence-corrected chi connectivity index (χ4v) is 3.52. The molecule has 24 heavy (non-hydrogen) atoms. The molecule has 0 radical (unpaired) electrons. The molecule has 0 aromatic heterocycles. The van der Waals surface area contributed by atoms with Crippen LogP contribution < -0.4 is 10.0 Å². The van der Waals surface area contributed by atoms with Crippen LogP contribution >= 0.6 is 11.6 Å². The second kappa shape index (κ2) is 7.34. The highest BCUT2D eigenvalue weighted by molar-refractivity contribution is 7.99. The molecule has 0 fully saturated rings. The highest BCUT2D eigenvalue weighted by atomic mass is 35.5. The van der Waals surface area contributed by atoms with Crippen molar-refractivity contribution in [2.45, 2.75) is 32.1 Å². The Balaban J connectivity index is 2.32. The van der Waals surface area contributed by atoms with E-state index in [1.54, 1.807) is 30.3 Å². The SMILES string of the molecule is CCc1cc([S+](=O)(O)Nc2ccc(C)c(Cl)c2)ccc1NC(C)=O. The van der Waals surface area contributed by atoms with Crippen LogP contribution in [0.3, 0.4) is 0 Å². The van der Waals surface area contributed by atoms with Gasteiger partial charge in [-0.25, -0.2) is 0 Å². The van der Waals surface area contributed by atoms with E-state index in [-0.39, 0.29) is 10.8 Å². The first kappa shape index (κ1) is 18.4. The van der Waals surface area contributed by atoms with Gasteiger partial charge in [0.25, 0.3) is 0 Å². The number of anilines is 2. The molecule has 0 saturated heterocycles. The molecule has 1 unspecified atom stereocenters. The van der Waals surface area contributed by atoms with Gasteiger partial charge < -0.3 is 5.32 Å². The number of amides is 1. The van der Waals surface area contributed by atoms with E-state index >= 15 is 0 Å². The Kier molecular flexibility index (Phi) is 5.64. The van der Waals surface area contributed by atoms with Gasteiger partial charge in [0.15, 0.2) is 0 Å². The van der Waals surface area contributed by atoms with Crippen molar-refractivity contribution in [1.29, 1.82) is 0 Å². The van der Waals surface area contributed by atoms with E-state index in [1.165, 1.54) is 13.0 Å². The number of carbonyl (C=O) groups is 1. The Bertz CT molecular complexity index is 823. The maximum Gasteiger partial charge on any atom is 0.346 e. The van der Waals surface area contributed by atoms with Crippen LogP contribution in [0.25, 0.3) is 0 Å². The predicted octanol–water partition coefficient (Wildman–Crippen LogP) is 4.53. The number of carbonyl (C=O) groups excluding carboxylic acids is 1. The fourth-order valence-electron chi connectivity index (χ4n) is 2.22. The number of hydrogen-bond donors (Lipinski definition) is 3. The van der Waals surface area contributed by atoms with Crippen molar-refractivity contribution in [3.63, 3.8) is 0 Å². The maximum atomic E-state index is 12.7. The fraction of sp³-hybridized carbons (Fsp3) is 0.235. The summed E-state index contributed by atoms with van der Waals surface area (Å²) in [6, 6.07) is 9.86. The Morgan fingerprint density at radius 3 is 2.54 bits per heavy atom. The summed E-state index contributed by atoms with van der Waals surface area (Å²) in [5.74, 6) is -0.186. The molecule has 3 N–H and O–H groups in total. The normalized spacial score (nSPS) is 13.2. The van der Waals surface area contributed by atoms with Gasteiger partial charge in [-0.3, -0.25) is 4.79 Å². The van der Waals surface area contributed by atoms with E-state index in [9.17, 15) is 13.6 Å². The van der Waals surface area contributed by atoms with Gasteiger partial charge >= 0.3 is 10.4 Å². The van der Waals surface area contributed by atoms with Crippen molar-refractivity contribution in [3.8, 4) is 0 Å². The van der Waals surface area contributed by atoms with Gasteiger partial charge in [-0.2, -0.15) is 9.27 Å². The van der Waals surface area contributed by atoms with E-state index in [0.29, 0.717) is 22.8 Å². The second-order valence-electron chi connectivity index (χ2n) is 5.45. The number of rotatable bonds is 5. The van der Waals surface area contributed by atoms with Gasteiger partial charge in [-0.15, -0.1) is 0 Å². The molecule has 0 saturated carbocycles. The summed E-state index contributed by atoms with van der Waals surface area (Å²) in [6.45, 7) is 5.19. The quantitative estimate of drug-likeness (QED) is 0.679. The molecule has 0 aliphatic carbocycles. The lowest BCUT2D eigenvalue weighted by Gasteiger charge is -2.12. The first-order valence-corrected chi connectivity index (χ1v) is 9.33. The molecule has 5 nitrogen and oxygen atoms in total. The van der Waals surface area contributed by atoms with Crippen LogP contribution in [0.15, 0.2) is 41.3 Å². The third-order valence-corrected chi connectivity index (χ3v) is 5.33. The van der Waals surface area contributed by atoms with Crippen LogP contribution in [0.1, 0.15) is 25.0 Å². The molecule has 0 aliphatic rings. The summed E-state index contributed by atoms with van der Waals surface area (Å²) >= 11 is 6.05. The third kappa shape index (κ3) is 4.35. The van der Waals surface area contributed by atoms with Crippen molar-refractivity contribution in [2.24, 2.45) is 0 Å². The van der Waals surface area contributed by atoms with E-state index in [2.05, 4.69) is 10.0 Å². The summed E-state index contributed by atoms with van der Waals surface area (Å²) in [6.07, 6.45) is 0.620. The Labute approximate surface area is 147 Å². The molecular weight excluding hydrogens is 348 g/mol. The second-order valence-corrected chi connectivity index (χ2v) is 7.58. The molecule has 128 valence electrons. The molecule has 0 spiro atoms. The summed E-state index contributed by atoms with van der Waals surface area (Å²) in [4.78, 5) is 11.5. The van der Waals surface area contributed by atoms with Crippen molar-refractivity contribution in [1.82, 2.24) is 0 Å². The Morgan fingerprint density at radius 1 is 1.25 bits per heavy atom. The van der Waals surface area contributed by atoms with E-state index in [1.807, 2.05) is 13.8 Å². The van der Waals surface area contributed by atoms with E-state index < -0.39 is 10.4 Å². The highest BCUT2D eigenvalue weighted by Gasteiger charge is 2.30. The summed E-state index contributed by atoms with van der Waals surface area (Å²) in [5.41, 5.74) is 2.78. The Morgan fingerprint density at radius 2 is 1.96 bits per heavy atom. The minimum atomic E-state index is -3.49. The number of aryl methyl sites for hydroxylation is 2. The minimum Gasteiger partial charge on any atom is -0.326 e. The molecule has 2 aromatic carbocycles. The van der Waals surface area contributed by atoms with Crippen LogP contribution in [-0.2, 0) is 25.8 Å². The first-order valence-electron chi connectivity index (χ1n) is 7.44. The van der Waals surface area contributed by atoms with Crippen LogP contribution in [0.2, 0.25) is 5.02 Å². The lowest BCUT2D eigenvalue weighted by molar-refractivity contribution is -0.114. The summed E-state index contributed by atoms with van der Waals surface area (Å²) in [5, 5.41) is 3.23. The molecule has 1 atom stereocenters. The standard InChI is InChI=1S/C17H19ClN2O3S/c1-4-13-9-15(7-8-17(13)19-12(3)21)24(22,23)20-14-6-5-11(2)16(18)10-14/h5-10H,4H2,1-3H3,(H2-,19,20,21,22,23)/p+1. The molecule has 2 rings (SSSR count). The molecule has 1 amide bonds. The average molecular weight is 368 g/mol. The van der Waals surface area contributed by atoms with Crippen molar-refractivity contribution in [2.75, 3.05) is 10.0 Å². The highest BCUT2D eigenvalue weighted by Crippen LogP contribution is 2.27. The maximum absolute atomic E-state index is 12.7. The summed E-state index contributed by atoms with van der Waals surface area (Å²) in [7, 11) is -3.49. The molecule has 2 aromatic rings. The van der Waals surface area contributed by atoms with Gasteiger partial charge in [-0.1, -0.05) is 24.6 Å². The molecular formula is C17H20ClN2O3S+. The van der Waals surface area contributed by atoms with Crippen LogP contribution in [0.5, 0.6) is 0 Å². The number of halogens is 1. The van der Waals surface area contributed by atoms with Crippen molar-refractivity contribution >= 4 is 39.3 Å². The monoisotopic (exact) mass is 367 g/mol. The largest absolute Gasteiger partial charge is 0.346 e. The van der Waals surface area contributed by atoms with Gasteiger partial charge in [-0.05, 0) is 46.9 Å².